The molecule has 3 aliphatic carbocycles. The molecule has 0 radical (unpaired) electrons. The van der Waals surface area contributed by atoms with Crippen molar-refractivity contribution in [1.29, 1.82) is 0 Å². The first kappa shape index (κ1) is 79.9. The first-order valence-corrected chi connectivity index (χ1v) is 35.5. The van der Waals surface area contributed by atoms with Gasteiger partial charge in [0.15, 0.2) is 16.9 Å². The minimum absolute atomic E-state index is 0. The normalized spacial score (nSPS) is 13.4. The van der Waals surface area contributed by atoms with E-state index < -0.39 is 7.12 Å². The molecule has 0 spiro atoms. The van der Waals surface area contributed by atoms with Crippen LogP contribution in [-0.2, 0) is 14.4 Å². The standard InChI is InChI=1S/C25H24ClN7O.C19H20IN7O.C12H10IN5.C9H13ClO.C6H6BClO2.2CH4/c1-32(19-11-12-19)13-3-6-21(34)30-18-4-2-5-20(14-18)33-25-22(24(27)28-15-29-25)23(31-33)16-7-9-17(26)10-8-16;1-26(13-7-8-13)9-3-6-15(28)24-12-4-2-5-14(10-12)27-19-16(17(20)25-27)18(21)22-11-23-19;1-7-10-11(13)17-18(12(10)16-6-15-7)9-4-2-3-8(14)5-9;1-7(8-5-6-8)3-2-4-9(10)11;8-6-3-1-5(2-4-6)7(9)10;;/h2-10,14-15,19H,11-13H2,1H3,(H,30,34)(H2,27,28,29);2-6,10-11,13H,7-9H2,1H3,(H,24,28)(H2,21,22,23);2-6H,14H2,1H3;2,4,7-8H,3,5-6H2,1H3;1-4,9-10H;2*1H4/b2*6-3+;;4-2+;;;. The van der Waals surface area contributed by atoms with Gasteiger partial charge in [0.25, 0.3) is 0 Å². The van der Waals surface area contributed by atoms with Gasteiger partial charge in [-0.2, -0.15) is 15.3 Å². The number of halogens is 5. The Kier molecular flexibility index (Phi) is 29.2. The number of carbonyl (C=O) groups excluding carboxylic acids is 3. The summed E-state index contributed by atoms with van der Waals surface area (Å²) in [5.74, 6) is 2.03. The SMILES string of the molecule is C.C.CC(C/C=C/C(=O)Cl)C1CC1.CN(C/C=C/C(=O)Nc1cccc(-n2nc(-c3ccc(Cl)cc3)c3c(N)ncnc32)c1)C1CC1.CN(C/C=C/C(=O)Nc1cccc(-n2nc(I)c3c(N)ncnc32)c1)C1CC1.Cc1ncnc2c1c(I)nn2-c1cccc(N)c1.OB(O)c1ccc(Cl)cc1. The van der Waals surface area contributed by atoms with Crippen molar-refractivity contribution in [3.63, 3.8) is 0 Å². The number of allylic oxidation sites excluding steroid dienone is 2. The summed E-state index contributed by atoms with van der Waals surface area (Å²) < 4.78 is 6.81. The van der Waals surface area contributed by atoms with Gasteiger partial charge >= 0.3 is 7.12 Å². The molecule has 1 unspecified atom stereocenters. The van der Waals surface area contributed by atoms with Crippen molar-refractivity contribution in [3.05, 3.63) is 200 Å². The van der Waals surface area contributed by atoms with Crippen LogP contribution in [0.5, 0.6) is 0 Å². The Labute approximate surface area is 640 Å². The topological polar surface area (TPSA) is 331 Å². The number of nitrogens with one attached hydrogen (secondary N) is 2. The largest absolute Gasteiger partial charge is 0.488 e. The lowest BCUT2D eigenvalue weighted by Gasteiger charge is -2.11. The third-order valence-electron chi connectivity index (χ3n) is 16.5. The molecule has 536 valence electrons. The maximum absolute atomic E-state index is 12.4. The molecule has 0 aliphatic heterocycles. The van der Waals surface area contributed by atoms with E-state index >= 15 is 0 Å². The molecule has 3 fully saturated rings. The highest BCUT2D eigenvalue weighted by Gasteiger charge is 2.28. The summed E-state index contributed by atoms with van der Waals surface area (Å²) in [7, 11) is 2.75. The fourth-order valence-electron chi connectivity index (χ4n) is 10.6. The molecule has 30 heteroatoms. The third kappa shape index (κ3) is 22.4. The van der Waals surface area contributed by atoms with Crippen LogP contribution in [0.1, 0.15) is 72.4 Å². The molecular formula is C73H81BCl3I2N19O5. The van der Waals surface area contributed by atoms with Gasteiger partial charge in [-0.3, -0.25) is 24.2 Å². The highest BCUT2D eigenvalue weighted by atomic mass is 127. The lowest BCUT2D eigenvalue weighted by atomic mass is 9.81. The number of hydrogen-bond donors (Lipinski definition) is 7. The quantitative estimate of drug-likeness (QED) is 0.0130. The van der Waals surface area contributed by atoms with Crippen molar-refractivity contribution in [2.24, 2.45) is 11.8 Å². The van der Waals surface area contributed by atoms with Crippen molar-refractivity contribution >= 4 is 171 Å². The van der Waals surface area contributed by atoms with E-state index in [0.717, 1.165) is 83.5 Å². The van der Waals surface area contributed by atoms with Gasteiger partial charge < -0.3 is 37.9 Å². The van der Waals surface area contributed by atoms with Crippen LogP contribution in [0.3, 0.4) is 0 Å². The molecule has 0 saturated heterocycles. The maximum Gasteiger partial charge on any atom is 0.488 e. The van der Waals surface area contributed by atoms with Gasteiger partial charge in [-0.25, -0.2) is 43.9 Å². The molecular weight excluding hydrogens is 1590 g/mol. The Morgan fingerprint density at radius 2 is 1.04 bits per heavy atom. The number of likely N-dealkylation sites (N-methyl/N-ethyl adjacent to an activating group) is 2. The van der Waals surface area contributed by atoms with E-state index in [0.29, 0.717) is 78.7 Å². The van der Waals surface area contributed by atoms with Crippen molar-refractivity contribution in [2.75, 3.05) is 55.0 Å². The molecule has 6 aromatic heterocycles. The van der Waals surface area contributed by atoms with Gasteiger partial charge in [0.2, 0.25) is 17.1 Å². The summed E-state index contributed by atoms with van der Waals surface area (Å²) >= 11 is 21.1. The Morgan fingerprint density at radius 1 is 0.592 bits per heavy atom. The van der Waals surface area contributed by atoms with Crippen LogP contribution >= 0.6 is 80.0 Å². The zero-order valence-electron chi connectivity index (χ0n) is 55.5. The average molecular weight is 1680 g/mol. The Balaban J connectivity index is 0.000000174. The number of carbonyl (C=O) groups is 3. The summed E-state index contributed by atoms with van der Waals surface area (Å²) in [6.07, 6.45) is 23.3. The second kappa shape index (κ2) is 37.6. The maximum atomic E-state index is 12.4. The Bertz CT molecular complexity index is 4810. The van der Waals surface area contributed by atoms with E-state index in [1.807, 2.05) is 110 Å². The average Bonchev–Trinajstić information content (AvgIpc) is 1.64. The van der Waals surface area contributed by atoms with Crippen LogP contribution < -0.4 is 33.3 Å². The molecule has 24 nitrogen and oxygen atoms in total. The highest BCUT2D eigenvalue weighted by molar-refractivity contribution is 14.1. The van der Waals surface area contributed by atoms with Gasteiger partial charge in [0.05, 0.1) is 38.9 Å². The highest BCUT2D eigenvalue weighted by Crippen LogP contribution is 2.38. The van der Waals surface area contributed by atoms with Crippen LogP contribution in [0.15, 0.2) is 177 Å². The Hall–Kier alpha value is -8.79. The van der Waals surface area contributed by atoms with Crippen LogP contribution in [0.25, 0.3) is 61.4 Å². The minimum atomic E-state index is -1.41. The summed E-state index contributed by atoms with van der Waals surface area (Å²) in [4.78, 5) is 64.8. The van der Waals surface area contributed by atoms with E-state index in [2.05, 4.69) is 127 Å². The number of benzene rings is 5. The van der Waals surface area contributed by atoms with Gasteiger partial charge in [-0.05, 0) is 225 Å². The lowest BCUT2D eigenvalue weighted by Crippen LogP contribution is -2.29. The summed E-state index contributed by atoms with van der Waals surface area (Å²) in [6.45, 7) is 5.71. The van der Waals surface area contributed by atoms with Crippen LogP contribution in [0.4, 0.5) is 28.7 Å². The predicted molar refractivity (Wildman–Crippen MR) is 432 cm³/mol. The van der Waals surface area contributed by atoms with Crippen molar-refractivity contribution in [1.82, 2.24) is 69.0 Å². The van der Waals surface area contributed by atoms with E-state index in [-0.39, 0.29) is 31.9 Å². The molecule has 11 aromatic rings. The van der Waals surface area contributed by atoms with Gasteiger partial charge in [-0.1, -0.05) is 106 Å². The molecule has 2 amide bonds. The lowest BCUT2D eigenvalue weighted by molar-refractivity contribution is -0.112. The molecule has 1 atom stereocenters. The molecule has 6 heterocycles. The minimum Gasteiger partial charge on any atom is -0.423 e. The number of aromatic nitrogens is 12. The van der Waals surface area contributed by atoms with Crippen molar-refractivity contribution in [2.45, 2.75) is 85.7 Å². The van der Waals surface area contributed by atoms with Crippen LogP contribution in [0.2, 0.25) is 10.0 Å². The van der Waals surface area contributed by atoms with Gasteiger partial charge in [0, 0.05) is 70.0 Å². The second-order valence-corrected chi connectivity index (χ2v) is 27.5. The summed E-state index contributed by atoms with van der Waals surface area (Å²) in [5.41, 5.74) is 27.3. The fraction of sp³-hybridized carbons (Fsp3) is 0.260. The van der Waals surface area contributed by atoms with Crippen molar-refractivity contribution in [3.8, 4) is 28.3 Å². The number of nitrogen functional groups attached to an aromatic ring is 3. The molecule has 103 heavy (non-hydrogen) atoms. The number of amides is 2. The number of fused-ring (bicyclic) bond motifs is 3. The second-order valence-electron chi connectivity index (χ2n) is 24.2. The van der Waals surface area contributed by atoms with Gasteiger partial charge in [-0.15, -0.1) is 0 Å². The first-order chi connectivity index (χ1) is 48.6. The number of rotatable bonds is 19. The van der Waals surface area contributed by atoms with E-state index in [4.69, 9.17) is 67.2 Å². The molecule has 0 bridgehead atoms. The predicted octanol–water partition coefficient (Wildman–Crippen LogP) is 13.2. The molecule has 5 aromatic carbocycles. The molecule has 10 N–H and O–H groups in total. The first-order valence-electron chi connectivity index (χ1n) is 32.2. The number of aryl methyl sites for hydroxylation is 1. The van der Waals surface area contributed by atoms with Gasteiger partial charge in [0.1, 0.15) is 43.7 Å². The third-order valence-corrected chi connectivity index (χ3v) is 18.7. The molecule has 3 aliphatic rings. The van der Waals surface area contributed by atoms with Crippen LogP contribution in [0, 0.1) is 26.2 Å². The molecule has 14 rings (SSSR count). The van der Waals surface area contributed by atoms with E-state index in [1.54, 1.807) is 68.9 Å². The summed E-state index contributed by atoms with van der Waals surface area (Å²) in [5, 5.41) is 40.1. The summed E-state index contributed by atoms with van der Waals surface area (Å²) in [6, 6.07) is 37.5. The monoisotopic (exact) mass is 1670 g/mol. The Morgan fingerprint density at radius 3 is 1.52 bits per heavy atom. The van der Waals surface area contributed by atoms with E-state index in [1.165, 1.54) is 57.3 Å². The zero-order valence-corrected chi connectivity index (χ0v) is 62.1. The van der Waals surface area contributed by atoms with Crippen LogP contribution in [-0.4, -0.2) is 143 Å². The molecule has 3 saturated carbocycles. The number of nitrogens with two attached hydrogens (primary N) is 3. The smallest absolute Gasteiger partial charge is 0.423 e. The number of anilines is 5. The van der Waals surface area contributed by atoms with E-state index in [9.17, 15) is 14.4 Å². The zero-order chi connectivity index (χ0) is 71.9. The number of hydrogen-bond acceptors (Lipinski definition) is 19. The number of nitrogens with zero attached hydrogens (tertiary/aromatic N) is 14. The fourth-order valence-corrected chi connectivity index (χ4v) is 12.5. The van der Waals surface area contributed by atoms with Crippen molar-refractivity contribution < 1.29 is 24.4 Å².